The Hall–Kier alpha value is -2.36. The molecule has 0 radical (unpaired) electrons. The average Bonchev–Trinajstić information content (AvgIpc) is 2.41. The molecule has 3 N–H and O–H groups in total. The van der Waals surface area contributed by atoms with Gasteiger partial charge in [0.2, 0.25) is 0 Å². The largest absolute Gasteiger partial charge is 0.487 e. The lowest BCUT2D eigenvalue weighted by Gasteiger charge is -2.07. The lowest BCUT2D eigenvalue weighted by molar-refractivity contribution is -0.385. The summed E-state index contributed by atoms with van der Waals surface area (Å²) in [6.07, 6.45) is 1.32. The Kier molecular flexibility index (Phi) is 5.47. The van der Waals surface area contributed by atoms with Gasteiger partial charge in [0.05, 0.1) is 17.3 Å². The first kappa shape index (κ1) is 16.7. The van der Waals surface area contributed by atoms with Gasteiger partial charge in [0.1, 0.15) is 9.84 Å². The molecule has 0 atom stereocenters. The quantitative estimate of drug-likeness (QED) is 0.186. The number of nitro benzene ring substituents is 1. The van der Waals surface area contributed by atoms with Crippen molar-refractivity contribution in [3.8, 4) is 5.75 Å². The number of ether oxygens (including phenoxy) is 1. The van der Waals surface area contributed by atoms with Gasteiger partial charge in [-0.25, -0.2) is 8.42 Å². The van der Waals surface area contributed by atoms with Gasteiger partial charge in [0, 0.05) is 17.9 Å². The highest BCUT2D eigenvalue weighted by Crippen LogP contribution is 2.28. The molecule has 1 rings (SSSR count). The highest BCUT2D eigenvalue weighted by Gasteiger charge is 2.17. The summed E-state index contributed by atoms with van der Waals surface area (Å²) in [5.74, 6) is -0.340. The normalized spacial score (nSPS) is 12.1. The van der Waals surface area contributed by atoms with Crippen LogP contribution >= 0.6 is 0 Å². The molecule has 0 aromatic heterocycles. The molecule has 0 saturated carbocycles. The highest BCUT2D eigenvalue weighted by atomic mass is 32.2. The number of nitrogens with zero attached hydrogens (tertiary/aromatic N) is 2. The van der Waals surface area contributed by atoms with Crippen molar-refractivity contribution >= 4 is 21.4 Å². The van der Waals surface area contributed by atoms with Gasteiger partial charge in [0.15, 0.2) is 11.6 Å². The summed E-state index contributed by atoms with van der Waals surface area (Å²) in [4.78, 5) is 10.3. The number of nitro groups is 1. The molecule has 0 fully saturated rings. The first-order chi connectivity index (χ1) is 9.74. The first-order valence-corrected chi connectivity index (χ1v) is 7.87. The molecule has 1 aromatic carbocycles. The monoisotopic (exact) mass is 317 g/mol. The number of hydrogen-bond donors (Lipinski definition) is 2. The van der Waals surface area contributed by atoms with Gasteiger partial charge in [-0.3, -0.25) is 10.1 Å². The van der Waals surface area contributed by atoms with Crippen LogP contribution in [0.3, 0.4) is 0 Å². The molecular formula is C11H15N3O6S. The van der Waals surface area contributed by atoms with E-state index in [4.69, 9.17) is 15.7 Å². The van der Waals surface area contributed by atoms with E-state index in [1.54, 1.807) is 0 Å². The molecule has 0 aliphatic carbocycles. The van der Waals surface area contributed by atoms with Crippen LogP contribution in [0.2, 0.25) is 0 Å². The number of nitrogens with two attached hydrogens (primary N) is 1. The maximum absolute atomic E-state index is 11.0. The maximum Gasteiger partial charge on any atom is 0.311 e. The topological polar surface area (TPSA) is 145 Å². The van der Waals surface area contributed by atoms with Crippen LogP contribution < -0.4 is 10.5 Å². The fourth-order valence-electron chi connectivity index (χ4n) is 1.50. The SMILES string of the molecule is CS(=O)(=O)CCCOc1ccc(C(N)=NO)cc1[N+](=O)[O-]. The number of benzene rings is 1. The fourth-order valence-corrected chi connectivity index (χ4v) is 2.14. The summed E-state index contributed by atoms with van der Waals surface area (Å²) in [6, 6.07) is 3.82. The summed E-state index contributed by atoms with van der Waals surface area (Å²) in [6.45, 7) is 0.0246. The molecular weight excluding hydrogens is 302 g/mol. The van der Waals surface area contributed by atoms with Gasteiger partial charge in [-0.2, -0.15) is 0 Å². The molecule has 21 heavy (non-hydrogen) atoms. The molecule has 0 aliphatic heterocycles. The predicted molar refractivity (Wildman–Crippen MR) is 75.4 cm³/mol. The van der Waals surface area contributed by atoms with E-state index >= 15 is 0 Å². The molecule has 116 valence electrons. The van der Waals surface area contributed by atoms with Crippen molar-refractivity contribution in [2.45, 2.75) is 6.42 Å². The van der Waals surface area contributed by atoms with Gasteiger partial charge in [0.25, 0.3) is 0 Å². The first-order valence-electron chi connectivity index (χ1n) is 5.81. The van der Waals surface area contributed by atoms with E-state index in [9.17, 15) is 18.5 Å². The number of rotatable bonds is 7. The minimum Gasteiger partial charge on any atom is -0.487 e. The van der Waals surface area contributed by atoms with Crippen LogP contribution in [0.5, 0.6) is 5.75 Å². The second-order valence-electron chi connectivity index (χ2n) is 4.26. The molecule has 0 spiro atoms. The van der Waals surface area contributed by atoms with Crippen LogP contribution in [0.4, 0.5) is 5.69 Å². The Labute approximate surface area is 121 Å². The highest BCUT2D eigenvalue weighted by molar-refractivity contribution is 7.90. The molecule has 0 amide bonds. The van der Waals surface area contributed by atoms with E-state index in [2.05, 4.69) is 5.16 Å². The van der Waals surface area contributed by atoms with Crippen molar-refractivity contribution in [2.75, 3.05) is 18.6 Å². The van der Waals surface area contributed by atoms with Gasteiger partial charge in [-0.15, -0.1) is 0 Å². The zero-order valence-corrected chi connectivity index (χ0v) is 12.0. The summed E-state index contributed by atoms with van der Waals surface area (Å²) < 4.78 is 27.1. The zero-order valence-electron chi connectivity index (χ0n) is 11.2. The lowest BCUT2D eigenvalue weighted by Crippen LogP contribution is -2.13. The Morgan fingerprint density at radius 2 is 2.19 bits per heavy atom. The van der Waals surface area contributed by atoms with E-state index in [0.717, 1.165) is 12.3 Å². The Morgan fingerprint density at radius 1 is 1.52 bits per heavy atom. The predicted octanol–water partition coefficient (Wildman–Crippen LogP) is 0.503. The molecule has 1 aromatic rings. The lowest BCUT2D eigenvalue weighted by atomic mass is 10.1. The van der Waals surface area contributed by atoms with Gasteiger partial charge in [-0.1, -0.05) is 5.16 Å². The standard InChI is InChI=1S/C11H15N3O6S/c1-21(18,19)6-2-5-20-10-4-3-8(11(12)13-15)7-9(10)14(16)17/h3-4,7,15H,2,5-6H2,1H3,(H2,12,13). The second kappa shape index (κ2) is 6.88. The third kappa shape index (κ3) is 5.26. The summed E-state index contributed by atoms with van der Waals surface area (Å²) in [5.41, 5.74) is 5.18. The van der Waals surface area contributed by atoms with Crippen molar-refractivity contribution in [3.63, 3.8) is 0 Å². The van der Waals surface area contributed by atoms with Crippen LogP contribution in [0.25, 0.3) is 0 Å². The van der Waals surface area contributed by atoms with Crippen LogP contribution in [0.1, 0.15) is 12.0 Å². The van der Waals surface area contributed by atoms with Gasteiger partial charge >= 0.3 is 5.69 Å². The number of hydrogen-bond acceptors (Lipinski definition) is 7. The van der Waals surface area contributed by atoms with Crippen molar-refractivity contribution in [1.82, 2.24) is 0 Å². The maximum atomic E-state index is 11.0. The minimum atomic E-state index is -3.10. The van der Waals surface area contributed by atoms with E-state index in [1.165, 1.54) is 12.1 Å². The van der Waals surface area contributed by atoms with Crippen LogP contribution in [0, 0.1) is 10.1 Å². The van der Waals surface area contributed by atoms with E-state index < -0.39 is 14.8 Å². The van der Waals surface area contributed by atoms with Gasteiger partial charge < -0.3 is 15.7 Å². The summed E-state index contributed by atoms with van der Waals surface area (Å²) in [5, 5.41) is 22.3. The molecule has 9 nitrogen and oxygen atoms in total. The van der Waals surface area contributed by atoms with E-state index in [1.807, 2.05) is 0 Å². The van der Waals surface area contributed by atoms with Gasteiger partial charge in [-0.05, 0) is 18.6 Å². The molecule has 0 unspecified atom stereocenters. The number of amidine groups is 1. The smallest absolute Gasteiger partial charge is 0.311 e. The van der Waals surface area contributed by atoms with E-state index in [-0.39, 0.29) is 41.6 Å². The van der Waals surface area contributed by atoms with Crippen molar-refractivity contribution < 1.29 is 23.3 Å². The molecule has 10 heteroatoms. The molecule has 0 aliphatic rings. The molecule has 0 heterocycles. The molecule has 0 saturated heterocycles. The Bertz CT molecular complexity index is 656. The minimum absolute atomic E-state index is 0.0111. The van der Waals surface area contributed by atoms with Crippen LogP contribution in [0.15, 0.2) is 23.4 Å². The molecule has 0 bridgehead atoms. The Balaban J connectivity index is 2.85. The van der Waals surface area contributed by atoms with E-state index in [0.29, 0.717) is 0 Å². The summed E-state index contributed by atoms with van der Waals surface area (Å²) in [7, 11) is -3.10. The Morgan fingerprint density at radius 3 is 2.71 bits per heavy atom. The van der Waals surface area contributed by atoms with Crippen molar-refractivity contribution in [3.05, 3.63) is 33.9 Å². The second-order valence-corrected chi connectivity index (χ2v) is 6.52. The third-order valence-electron chi connectivity index (χ3n) is 2.48. The number of oxime groups is 1. The summed E-state index contributed by atoms with van der Waals surface area (Å²) >= 11 is 0. The van der Waals surface area contributed by atoms with Crippen LogP contribution in [-0.4, -0.2) is 43.0 Å². The van der Waals surface area contributed by atoms with Crippen molar-refractivity contribution in [1.29, 1.82) is 0 Å². The average molecular weight is 317 g/mol. The number of sulfone groups is 1. The third-order valence-corrected chi connectivity index (χ3v) is 3.51. The fraction of sp³-hybridized carbons (Fsp3) is 0.364. The van der Waals surface area contributed by atoms with Crippen LogP contribution in [-0.2, 0) is 9.84 Å². The van der Waals surface area contributed by atoms with Crippen molar-refractivity contribution in [2.24, 2.45) is 10.9 Å². The zero-order chi connectivity index (χ0) is 16.0.